The SMILES string of the molecule is CN[C@@H]1CCCN(C2CCCCC2(O)C(C)c2cccc(OC(F)(F)F)c2)C1. The predicted octanol–water partition coefficient (Wildman–Crippen LogP) is 4.05. The minimum atomic E-state index is -4.72. The van der Waals surface area contributed by atoms with E-state index < -0.39 is 12.0 Å². The number of likely N-dealkylation sites (tertiary alicyclic amines) is 1. The molecule has 0 spiro atoms. The Morgan fingerprint density at radius 1 is 1.25 bits per heavy atom. The number of hydrogen-bond donors (Lipinski definition) is 2. The van der Waals surface area contributed by atoms with Gasteiger partial charge in [-0.2, -0.15) is 0 Å². The van der Waals surface area contributed by atoms with Crippen molar-refractivity contribution >= 4 is 0 Å². The summed E-state index contributed by atoms with van der Waals surface area (Å²) in [6.07, 6.45) is 1.06. The van der Waals surface area contributed by atoms with Crippen LogP contribution in [-0.2, 0) is 0 Å². The highest BCUT2D eigenvalue weighted by Gasteiger charge is 2.47. The van der Waals surface area contributed by atoms with Gasteiger partial charge in [0.15, 0.2) is 0 Å². The lowest BCUT2D eigenvalue weighted by Crippen LogP contribution is -2.60. The van der Waals surface area contributed by atoms with Crippen molar-refractivity contribution in [2.45, 2.75) is 75.4 Å². The Morgan fingerprint density at radius 2 is 2.04 bits per heavy atom. The first-order valence-electron chi connectivity index (χ1n) is 10.2. The van der Waals surface area contributed by atoms with Gasteiger partial charge in [0.25, 0.3) is 0 Å². The Morgan fingerprint density at radius 3 is 2.75 bits per heavy atom. The molecule has 4 nitrogen and oxygen atoms in total. The Bertz CT molecular complexity index is 655. The number of rotatable bonds is 5. The van der Waals surface area contributed by atoms with Gasteiger partial charge in [0.2, 0.25) is 0 Å². The van der Waals surface area contributed by atoms with Crippen molar-refractivity contribution in [1.29, 1.82) is 0 Å². The van der Waals surface area contributed by atoms with Crippen molar-refractivity contribution in [1.82, 2.24) is 10.2 Å². The van der Waals surface area contributed by atoms with Gasteiger partial charge >= 0.3 is 6.36 Å². The van der Waals surface area contributed by atoms with Crippen LogP contribution in [0.1, 0.15) is 56.9 Å². The topological polar surface area (TPSA) is 44.7 Å². The fourth-order valence-corrected chi connectivity index (χ4v) is 4.96. The third-order valence-corrected chi connectivity index (χ3v) is 6.53. The first-order chi connectivity index (χ1) is 13.2. The Balaban J connectivity index is 1.83. The molecular formula is C21H31F3N2O2. The van der Waals surface area contributed by atoms with Crippen molar-refractivity contribution in [3.63, 3.8) is 0 Å². The number of alkyl halides is 3. The molecule has 0 radical (unpaired) electrons. The summed E-state index contributed by atoms with van der Waals surface area (Å²) in [5.74, 6) is -0.523. The fourth-order valence-electron chi connectivity index (χ4n) is 4.96. The summed E-state index contributed by atoms with van der Waals surface area (Å²) < 4.78 is 41.9. The summed E-state index contributed by atoms with van der Waals surface area (Å²) in [7, 11) is 1.97. The van der Waals surface area contributed by atoms with E-state index in [-0.39, 0.29) is 17.7 Å². The fraction of sp³-hybridized carbons (Fsp3) is 0.714. The maximum Gasteiger partial charge on any atom is 0.573 e. The molecule has 1 aromatic rings. The zero-order chi connectivity index (χ0) is 20.4. The van der Waals surface area contributed by atoms with E-state index in [0.29, 0.717) is 18.0 Å². The average Bonchev–Trinajstić information content (AvgIpc) is 2.66. The molecule has 0 amide bonds. The lowest BCUT2D eigenvalue weighted by atomic mass is 9.69. The second-order valence-corrected chi connectivity index (χ2v) is 8.22. The molecule has 1 saturated carbocycles. The van der Waals surface area contributed by atoms with Crippen molar-refractivity contribution in [3.8, 4) is 5.75 Å². The van der Waals surface area contributed by atoms with Crippen LogP contribution in [0.15, 0.2) is 24.3 Å². The first-order valence-corrected chi connectivity index (χ1v) is 10.2. The molecule has 158 valence electrons. The predicted molar refractivity (Wildman–Crippen MR) is 102 cm³/mol. The van der Waals surface area contributed by atoms with Crippen LogP contribution in [0.3, 0.4) is 0 Å². The highest BCUT2D eigenvalue weighted by Crippen LogP contribution is 2.43. The third-order valence-electron chi connectivity index (χ3n) is 6.53. The standard InChI is InChI=1S/C21H31F3N2O2/c1-15(16-7-5-9-18(13-16)28-21(22,23)24)20(27)11-4-3-10-19(20)26-12-6-8-17(14-26)25-2/h5,7,9,13,15,17,19,25,27H,3-4,6,8,10-12,14H2,1-2H3/t15?,17-,19?,20?/m1/s1. The van der Waals surface area contributed by atoms with Crippen LogP contribution in [0, 0.1) is 0 Å². The van der Waals surface area contributed by atoms with Gasteiger partial charge in [0.05, 0.1) is 5.60 Å². The molecule has 1 aromatic carbocycles. The van der Waals surface area contributed by atoms with Crippen LogP contribution in [-0.4, -0.2) is 54.2 Å². The summed E-state index contributed by atoms with van der Waals surface area (Å²) in [4.78, 5) is 2.39. The lowest BCUT2D eigenvalue weighted by molar-refractivity contribution is -0.274. The van der Waals surface area contributed by atoms with Crippen LogP contribution in [0.5, 0.6) is 5.75 Å². The number of nitrogens with zero attached hydrogens (tertiary/aromatic N) is 1. The maximum absolute atomic E-state index is 12.6. The van der Waals surface area contributed by atoms with Crippen LogP contribution in [0.4, 0.5) is 13.2 Å². The first kappa shape index (κ1) is 21.4. The van der Waals surface area contributed by atoms with Gasteiger partial charge in [-0.05, 0) is 57.0 Å². The van der Waals surface area contributed by atoms with E-state index in [4.69, 9.17) is 0 Å². The van der Waals surface area contributed by atoms with Gasteiger partial charge in [-0.1, -0.05) is 31.9 Å². The molecule has 1 aliphatic carbocycles. The molecule has 1 saturated heterocycles. The van der Waals surface area contributed by atoms with Crippen molar-refractivity contribution in [3.05, 3.63) is 29.8 Å². The summed E-state index contributed by atoms with van der Waals surface area (Å²) >= 11 is 0. The van der Waals surface area contributed by atoms with Crippen molar-refractivity contribution in [2.24, 2.45) is 0 Å². The van der Waals surface area contributed by atoms with Gasteiger partial charge < -0.3 is 15.2 Å². The Hall–Kier alpha value is -1.31. The maximum atomic E-state index is 12.6. The van der Waals surface area contributed by atoms with E-state index in [1.807, 2.05) is 14.0 Å². The smallest absolute Gasteiger partial charge is 0.406 e. The van der Waals surface area contributed by atoms with E-state index in [2.05, 4.69) is 15.0 Å². The van der Waals surface area contributed by atoms with Gasteiger partial charge in [0.1, 0.15) is 5.75 Å². The third kappa shape index (κ3) is 4.81. The summed E-state index contributed by atoms with van der Waals surface area (Å²) in [6, 6.07) is 6.48. The van der Waals surface area contributed by atoms with E-state index in [1.165, 1.54) is 12.1 Å². The molecular weight excluding hydrogens is 369 g/mol. The number of ether oxygens (including phenoxy) is 1. The highest BCUT2D eigenvalue weighted by atomic mass is 19.4. The second kappa shape index (κ2) is 8.59. The minimum Gasteiger partial charge on any atom is -0.406 e. The van der Waals surface area contributed by atoms with E-state index in [0.717, 1.165) is 45.2 Å². The molecule has 2 N–H and O–H groups in total. The number of piperidine rings is 1. The van der Waals surface area contributed by atoms with E-state index in [1.54, 1.807) is 12.1 Å². The molecule has 1 heterocycles. The summed E-state index contributed by atoms with van der Waals surface area (Å²) in [5.41, 5.74) is -0.289. The second-order valence-electron chi connectivity index (χ2n) is 8.22. The number of likely N-dealkylation sites (N-methyl/N-ethyl adjacent to an activating group) is 1. The monoisotopic (exact) mass is 400 g/mol. The molecule has 7 heteroatoms. The zero-order valence-electron chi connectivity index (χ0n) is 16.6. The van der Waals surface area contributed by atoms with E-state index in [9.17, 15) is 18.3 Å². The largest absolute Gasteiger partial charge is 0.573 e. The molecule has 1 aliphatic heterocycles. The van der Waals surface area contributed by atoms with Crippen molar-refractivity contribution in [2.75, 3.05) is 20.1 Å². The van der Waals surface area contributed by atoms with Gasteiger partial charge in [-0.15, -0.1) is 13.2 Å². The van der Waals surface area contributed by atoms with Crippen LogP contribution in [0.25, 0.3) is 0 Å². The molecule has 0 aromatic heterocycles. The van der Waals surface area contributed by atoms with Gasteiger partial charge in [-0.3, -0.25) is 4.90 Å². The van der Waals surface area contributed by atoms with Crippen LogP contribution < -0.4 is 10.1 Å². The number of hydrogen-bond acceptors (Lipinski definition) is 4. The van der Waals surface area contributed by atoms with Gasteiger partial charge in [-0.25, -0.2) is 0 Å². The highest BCUT2D eigenvalue weighted by molar-refractivity contribution is 5.33. The van der Waals surface area contributed by atoms with E-state index >= 15 is 0 Å². The molecule has 0 bridgehead atoms. The molecule has 4 atom stereocenters. The molecule has 28 heavy (non-hydrogen) atoms. The number of halogens is 3. The molecule has 2 fully saturated rings. The number of benzene rings is 1. The number of aliphatic hydroxyl groups is 1. The Kier molecular flexibility index (Phi) is 6.57. The Labute approximate surface area is 165 Å². The molecule has 3 rings (SSSR count). The molecule has 3 unspecified atom stereocenters. The van der Waals surface area contributed by atoms with Crippen LogP contribution >= 0.6 is 0 Å². The molecule has 2 aliphatic rings. The normalized spacial score (nSPS) is 30.8. The number of nitrogens with one attached hydrogen (secondary N) is 1. The lowest BCUT2D eigenvalue weighted by Gasteiger charge is -2.51. The average molecular weight is 400 g/mol. The summed E-state index contributed by atoms with van der Waals surface area (Å²) in [5, 5.41) is 15.1. The minimum absolute atomic E-state index is 0.0135. The van der Waals surface area contributed by atoms with Crippen molar-refractivity contribution < 1.29 is 23.0 Å². The van der Waals surface area contributed by atoms with Gasteiger partial charge in [0, 0.05) is 24.5 Å². The quantitative estimate of drug-likeness (QED) is 0.783. The zero-order valence-corrected chi connectivity index (χ0v) is 16.6. The summed E-state index contributed by atoms with van der Waals surface area (Å²) in [6.45, 7) is 3.77. The van der Waals surface area contributed by atoms with Crippen LogP contribution in [0.2, 0.25) is 0 Å².